The van der Waals surface area contributed by atoms with Crippen molar-refractivity contribution in [2.45, 2.75) is 48.6 Å². The summed E-state index contributed by atoms with van der Waals surface area (Å²) >= 11 is 0. The van der Waals surface area contributed by atoms with Crippen molar-refractivity contribution in [3.05, 3.63) is 89.0 Å². The molecule has 0 radical (unpaired) electrons. The van der Waals surface area contributed by atoms with Crippen molar-refractivity contribution in [3.63, 3.8) is 0 Å². The molecule has 1 fully saturated rings. The molecule has 0 spiro atoms. The summed E-state index contributed by atoms with van der Waals surface area (Å²) in [6.07, 6.45) is 3.42. The fourth-order valence-corrected chi connectivity index (χ4v) is 6.40. The Balaban J connectivity index is 1.49. The maximum Gasteiger partial charge on any atom is 0.501 e. The second kappa shape index (κ2) is 11.9. The Hall–Kier alpha value is -3.37. The first-order valence-electron chi connectivity index (χ1n) is 13.6. The number of aryl methyl sites for hydroxylation is 1. The van der Waals surface area contributed by atoms with Crippen molar-refractivity contribution in [1.82, 2.24) is 4.90 Å². The maximum absolute atomic E-state index is 13.1. The van der Waals surface area contributed by atoms with Crippen molar-refractivity contribution in [1.29, 1.82) is 0 Å². The molecule has 5 nitrogen and oxygen atoms in total. The normalized spacial score (nSPS) is 18.3. The minimum absolute atomic E-state index is 0.0170. The number of likely N-dealkylation sites (tertiary alicyclic amines) is 1. The largest absolute Gasteiger partial charge is 0.508 e. The van der Waals surface area contributed by atoms with Crippen molar-refractivity contribution in [2.75, 3.05) is 26.3 Å². The second-order valence-corrected chi connectivity index (χ2v) is 12.4. The first-order valence-corrected chi connectivity index (χ1v) is 15.1. The zero-order chi connectivity index (χ0) is 29.2. The van der Waals surface area contributed by atoms with Crippen molar-refractivity contribution >= 4 is 21.0 Å². The van der Waals surface area contributed by atoms with Crippen LogP contribution in [-0.4, -0.2) is 56.3 Å². The first-order chi connectivity index (χ1) is 19.6. The SMILES string of the molecule is O=S(=O)(c1ccc(C2=C(c3ccc(O[C@H]4CCN(CCCF)C4)cc3)c3ccc(O)cc3CCC2)cc1)C(F)(F)F. The third kappa shape index (κ3) is 6.28. The first kappa shape index (κ1) is 29.1. The summed E-state index contributed by atoms with van der Waals surface area (Å²) in [5, 5.41) is 10.1. The Bertz CT molecular complexity index is 1520. The van der Waals surface area contributed by atoms with E-state index in [4.69, 9.17) is 4.74 Å². The molecule has 3 aromatic carbocycles. The number of phenolic OH excluding ortho intramolecular Hbond substituents is 1. The number of ether oxygens (including phenoxy) is 1. The Labute approximate surface area is 237 Å². The number of hydrogen-bond donors (Lipinski definition) is 1. The van der Waals surface area contributed by atoms with E-state index in [2.05, 4.69) is 4.90 Å². The molecule has 0 unspecified atom stereocenters. The molecular formula is C31H31F4NO4S. The van der Waals surface area contributed by atoms with E-state index in [1.807, 2.05) is 30.3 Å². The van der Waals surface area contributed by atoms with Crippen LogP contribution in [0.1, 0.15) is 47.9 Å². The van der Waals surface area contributed by atoms with Gasteiger partial charge in [0, 0.05) is 19.6 Å². The Morgan fingerprint density at radius 3 is 2.34 bits per heavy atom. The summed E-state index contributed by atoms with van der Waals surface area (Å²) < 4.78 is 81.8. The van der Waals surface area contributed by atoms with Crippen LogP contribution in [0.5, 0.6) is 11.5 Å². The average molecular weight is 590 g/mol. The van der Waals surface area contributed by atoms with Gasteiger partial charge in [-0.15, -0.1) is 0 Å². The number of aromatic hydroxyl groups is 1. The second-order valence-electron chi connectivity index (χ2n) is 10.4. The lowest BCUT2D eigenvalue weighted by Crippen LogP contribution is -2.26. The molecule has 10 heteroatoms. The van der Waals surface area contributed by atoms with Crippen molar-refractivity contribution in [2.24, 2.45) is 0 Å². The van der Waals surface area contributed by atoms with Gasteiger partial charge < -0.3 is 9.84 Å². The highest BCUT2D eigenvalue weighted by Crippen LogP contribution is 2.41. The summed E-state index contributed by atoms with van der Waals surface area (Å²) in [5.41, 5.74) is -0.295. The molecule has 1 aliphatic carbocycles. The van der Waals surface area contributed by atoms with Gasteiger partial charge in [0.15, 0.2) is 0 Å². The number of benzene rings is 3. The number of fused-ring (bicyclic) bond motifs is 1. The number of phenols is 1. The third-order valence-electron chi connectivity index (χ3n) is 7.63. The molecule has 1 heterocycles. The van der Waals surface area contributed by atoms with Crippen LogP contribution >= 0.6 is 0 Å². The van der Waals surface area contributed by atoms with Crippen LogP contribution in [0, 0.1) is 0 Å². The van der Waals surface area contributed by atoms with Gasteiger partial charge in [0.2, 0.25) is 0 Å². The fourth-order valence-electron chi connectivity index (χ4n) is 5.63. The number of rotatable bonds is 8. The van der Waals surface area contributed by atoms with Crippen molar-refractivity contribution in [3.8, 4) is 11.5 Å². The molecule has 218 valence electrons. The topological polar surface area (TPSA) is 66.8 Å². The van der Waals surface area contributed by atoms with Crippen LogP contribution in [0.25, 0.3) is 11.1 Å². The lowest BCUT2D eigenvalue weighted by atomic mass is 9.88. The summed E-state index contributed by atoms with van der Waals surface area (Å²) in [5.74, 6) is 0.851. The molecule has 5 rings (SSSR count). The summed E-state index contributed by atoms with van der Waals surface area (Å²) in [4.78, 5) is 1.39. The molecule has 0 bridgehead atoms. The van der Waals surface area contributed by atoms with Crippen LogP contribution in [0.3, 0.4) is 0 Å². The van der Waals surface area contributed by atoms with Gasteiger partial charge >= 0.3 is 5.51 Å². The monoisotopic (exact) mass is 589 g/mol. The number of alkyl halides is 4. The molecule has 1 saturated heterocycles. The molecular weight excluding hydrogens is 558 g/mol. The zero-order valence-corrected chi connectivity index (χ0v) is 23.1. The number of halogens is 4. The third-order valence-corrected chi connectivity index (χ3v) is 9.14. The van der Waals surface area contributed by atoms with Crippen LogP contribution in [0.4, 0.5) is 17.6 Å². The summed E-state index contributed by atoms with van der Waals surface area (Å²) in [7, 11) is -5.45. The summed E-state index contributed by atoms with van der Waals surface area (Å²) in [6.45, 7) is 1.99. The Morgan fingerprint density at radius 2 is 1.66 bits per heavy atom. The van der Waals surface area contributed by atoms with E-state index in [0.717, 1.165) is 65.9 Å². The summed E-state index contributed by atoms with van der Waals surface area (Å²) in [6, 6.07) is 17.6. The Morgan fingerprint density at radius 1 is 0.951 bits per heavy atom. The number of sulfone groups is 1. The highest BCUT2D eigenvalue weighted by molar-refractivity contribution is 7.92. The molecule has 41 heavy (non-hydrogen) atoms. The minimum atomic E-state index is -5.45. The standard InChI is InChI=1S/C31H31F4NO4S/c32-16-2-17-36-18-15-26(20-36)40-25-10-5-22(6-11-25)30-28(4-1-3-23-19-24(37)9-14-29(23)30)21-7-12-27(13-8-21)41(38,39)31(33,34)35/h5-14,19,26,37H,1-4,15-18,20H2/t26-/m0/s1. The highest BCUT2D eigenvalue weighted by Gasteiger charge is 2.46. The predicted octanol–water partition coefficient (Wildman–Crippen LogP) is 6.79. The molecule has 1 aliphatic heterocycles. The van der Waals surface area contributed by atoms with E-state index in [1.54, 1.807) is 12.1 Å². The van der Waals surface area contributed by atoms with E-state index < -0.39 is 20.2 Å². The molecule has 1 atom stereocenters. The highest BCUT2D eigenvalue weighted by atomic mass is 32.2. The quantitative estimate of drug-likeness (QED) is 0.293. The smallest absolute Gasteiger partial charge is 0.501 e. The molecule has 0 amide bonds. The molecule has 1 N–H and O–H groups in total. The van der Waals surface area contributed by atoms with E-state index in [-0.39, 0.29) is 18.5 Å². The molecule has 2 aliphatic rings. The van der Waals surface area contributed by atoms with E-state index in [9.17, 15) is 31.1 Å². The van der Waals surface area contributed by atoms with E-state index >= 15 is 0 Å². The van der Waals surface area contributed by atoms with Gasteiger partial charge in [0.25, 0.3) is 9.84 Å². The minimum Gasteiger partial charge on any atom is -0.508 e. The predicted molar refractivity (Wildman–Crippen MR) is 149 cm³/mol. The number of allylic oxidation sites excluding steroid dienone is 1. The average Bonchev–Trinajstić information content (AvgIpc) is 3.30. The van der Waals surface area contributed by atoms with Crippen LogP contribution in [0.2, 0.25) is 0 Å². The van der Waals surface area contributed by atoms with Gasteiger partial charge in [-0.2, -0.15) is 13.2 Å². The molecule has 0 saturated carbocycles. The molecule has 0 aromatic heterocycles. The fraction of sp³-hybridized carbons (Fsp3) is 0.355. The Kier molecular flexibility index (Phi) is 8.42. The van der Waals surface area contributed by atoms with Crippen LogP contribution < -0.4 is 4.74 Å². The lowest BCUT2D eigenvalue weighted by molar-refractivity contribution is -0.0436. The van der Waals surface area contributed by atoms with Gasteiger partial charge in [-0.1, -0.05) is 30.3 Å². The van der Waals surface area contributed by atoms with E-state index in [0.29, 0.717) is 37.1 Å². The van der Waals surface area contributed by atoms with E-state index in [1.165, 1.54) is 12.1 Å². The van der Waals surface area contributed by atoms with Crippen LogP contribution in [-0.2, 0) is 16.3 Å². The van der Waals surface area contributed by atoms with Gasteiger partial charge in [0.1, 0.15) is 17.6 Å². The zero-order valence-electron chi connectivity index (χ0n) is 22.3. The van der Waals surface area contributed by atoms with Gasteiger partial charge in [-0.3, -0.25) is 9.29 Å². The van der Waals surface area contributed by atoms with Crippen LogP contribution in [0.15, 0.2) is 71.6 Å². The maximum atomic E-state index is 13.1. The van der Waals surface area contributed by atoms with Crippen molar-refractivity contribution < 1.29 is 35.8 Å². The molecule has 3 aromatic rings. The number of hydrogen-bond acceptors (Lipinski definition) is 5. The van der Waals surface area contributed by atoms with Gasteiger partial charge in [0.05, 0.1) is 11.6 Å². The van der Waals surface area contributed by atoms with Gasteiger partial charge in [-0.25, -0.2) is 8.42 Å². The van der Waals surface area contributed by atoms with Gasteiger partial charge in [-0.05, 0) is 102 Å². The number of nitrogens with zero attached hydrogens (tertiary/aromatic N) is 1. The lowest BCUT2D eigenvalue weighted by Gasteiger charge is -2.19.